The summed E-state index contributed by atoms with van der Waals surface area (Å²) in [5, 5.41) is 2.54. The molecule has 0 aliphatic carbocycles. The number of hydrogen-bond donors (Lipinski definition) is 1. The Hall–Kier alpha value is -2.05. The van der Waals surface area contributed by atoms with Gasteiger partial charge in [-0.15, -0.1) is 0 Å². The van der Waals surface area contributed by atoms with Crippen LogP contribution in [0.2, 0.25) is 0 Å². The predicted octanol–water partition coefficient (Wildman–Crippen LogP) is 2.32. The number of carbonyl (C=O) groups is 1. The Bertz CT molecular complexity index is 628. The first-order valence-corrected chi connectivity index (χ1v) is 6.40. The van der Waals surface area contributed by atoms with E-state index in [1.165, 1.54) is 48.5 Å². The highest BCUT2D eigenvalue weighted by atomic mass is 32.2. The van der Waals surface area contributed by atoms with Crippen LogP contribution in [0, 0.1) is 5.82 Å². The predicted molar refractivity (Wildman–Crippen MR) is 68.0 cm³/mol. The molecule has 2 rings (SSSR count). The van der Waals surface area contributed by atoms with E-state index in [1.807, 2.05) is 0 Å². The second-order valence-electron chi connectivity index (χ2n) is 3.72. The van der Waals surface area contributed by atoms with E-state index in [4.69, 9.17) is 0 Å². The zero-order valence-electron chi connectivity index (χ0n) is 9.63. The molecule has 0 saturated heterocycles. The van der Waals surface area contributed by atoms with E-state index in [9.17, 15) is 17.9 Å². The van der Waals surface area contributed by atoms with Gasteiger partial charge in [-0.2, -0.15) is 0 Å². The summed E-state index contributed by atoms with van der Waals surface area (Å²) in [6, 6.07) is 10.9. The lowest BCUT2D eigenvalue weighted by Gasteiger charge is -2.08. The third kappa shape index (κ3) is 3.46. The van der Waals surface area contributed by atoms with Gasteiger partial charge in [0.05, 0.1) is 0 Å². The fourth-order valence-corrected chi connectivity index (χ4v) is 1.89. The summed E-state index contributed by atoms with van der Waals surface area (Å²) in [4.78, 5) is 11.9. The van der Waals surface area contributed by atoms with Gasteiger partial charge in [-0.3, -0.25) is 9.00 Å². The Labute approximate surface area is 111 Å². The Balaban J connectivity index is 2.18. The zero-order valence-corrected chi connectivity index (χ0v) is 10.4. The fraction of sp³-hybridized carbons (Fsp3) is 0. The molecule has 0 aliphatic heterocycles. The molecule has 0 aliphatic rings. The summed E-state index contributed by atoms with van der Waals surface area (Å²) in [6.07, 6.45) is 0. The van der Waals surface area contributed by atoms with Crippen LogP contribution in [0.5, 0.6) is 0 Å². The number of hydrogen-bond acceptors (Lipinski definition) is 3. The van der Waals surface area contributed by atoms with Gasteiger partial charge < -0.3 is 9.87 Å². The van der Waals surface area contributed by atoms with Crippen molar-refractivity contribution in [2.24, 2.45) is 0 Å². The number of benzene rings is 2. The lowest BCUT2D eigenvalue weighted by molar-refractivity contribution is 0.102. The van der Waals surface area contributed by atoms with Crippen LogP contribution in [-0.4, -0.2) is 14.7 Å². The molecule has 19 heavy (non-hydrogen) atoms. The molecular weight excluding hydrogens is 269 g/mol. The van der Waals surface area contributed by atoms with E-state index in [-0.39, 0.29) is 10.5 Å². The summed E-state index contributed by atoms with van der Waals surface area (Å²) in [5.41, 5.74) is 0.645. The molecule has 1 unspecified atom stereocenters. The minimum atomic E-state index is -2.38. The van der Waals surface area contributed by atoms with Crippen LogP contribution >= 0.6 is 0 Å². The van der Waals surface area contributed by atoms with Crippen LogP contribution in [-0.2, 0) is 11.1 Å². The standard InChI is InChI=1S/C13H10FNO3S/c14-10-4-6-11(7-5-10)15-13(16)9-2-1-3-12(8-9)19(17)18/h1-8H,(H,15,16)(H,17,18)/p-1. The first kappa shape index (κ1) is 13.4. The molecule has 1 atom stereocenters. The van der Waals surface area contributed by atoms with E-state index in [0.717, 1.165) is 0 Å². The highest BCUT2D eigenvalue weighted by molar-refractivity contribution is 7.79. The van der Waals surface area contributed by atoms with Gasteiger partial charge in [0.15, 0.2) is 0 Å². The van der Waals surface area contributed by atoms with Crippen molar-refractivity contribution in [2.45, 2.75) is 4.90 Å². The van der Waals surface area contributed by atoms with Gasteiger partial charge >= 0.3 is 0 Å². The van der Waals surface area contributed by atoms with E-state index in [1.54, 1.807) is 0 Å². The molecule has 0 heterocycles. The smallest absolute Gasteiger partial charge is 0.255 e. The number of amides is 1. The average Bonchev–Trinajstić information content (AvgIpc) is 2.41. The lowest BCUT2D eigenvalue weighted by Crippen LogP contribution is -2.12. The van der Waals surface area contributed by atoms with Crippen LogP contribution in [0.4, 0.5) is 10.1 Å². The van der Waals surface area contributed by atoms with Crippen LogP contribution in [0.15, 0.2) is 53.4 Å². The molecule has 98 valence electrons. The van der Waals surface area contributed by atoms with Gasteiger partial charge in [0.2, 0.25) is 0 Å². The van der Waals surface area contributed by atoms with Crippen LogP contribution in [0.25, 0.3) is 0 Å². The SMILES string of the molecule is O=C(Nc1ccc(F)cc1)c1cccc(S(=O)[O-])c1. The second kappa shape index (κ2) is 5.73. The minimum Gasteiger partial charge on any atom is -0.768 e. The quantitative estimate of drug-likeness (QED) is 0.876. The number of carbonyl (C=O) groups excluding carboxylic acids is 1. The average molecular weight is 278 g/mol. The highest BCUT2D eigenvalue weighted by Gasteiger charge is 2.07. The topological polar surface area (TPSA) is 69.2 Å². The van der Waals surface area contributed by atoms with Crippen LogP contribution in [0.3, 0.4) is 0 Å². The Morgan fingerprint density at radius 3 is 2.47 bits per heavy atom. The van der Waals surface area contributed by atoms with Crippen molar-refractivity contribution in [3.05, 3.63) is 59.9 Å². The fourth-order valence-electron chi connectivity index (χ4n) is 1.48. The van der Waals surface area contributed by atoms with E-state index in [2.05, 4.69) is 5.32 Å². The molecule has 0 aromatic heterocycles. The monoisotopic (exact) mass is 278 g/mol. The molecule has 0 bridgehead atoms. The summed E-state index contributed by atoms with van der Waals surface area (Å²) in [6.45, 7) is 0. The van der Waals surface area contributed by atoms with Gasteiger partial charge in [0.1, 0.15) is 5.82 Å². The van der Waals surface area contributed by atoms with Crippen molar-refractivity contribution >= 4 is 22.7 Å². The zero-order chi connectivity index (χ0) is 13.8. The van der Waals surface area contributed by atoms with Gasteiger partial charge in [0, 0.05) is 16.1 Å². The van der Waals surface area contributed by atoms with Gasteiger partial charge in [-0.05, 0) is 53.5 Å². The lowest BCUT2D eigenvalue weighted by atomic mass is 10.2. The minimum absolute atomic E-state index is 0.0340. The number of nitrogens with one attached hydrogen (secondary N) is 1. The van der Waals surface area contributed by atoms with E-state index < -0.39 is 22.8 Å². The molecule has 0 fully saturated rings. The maximum atomic E-state index is 12.7. The van der Waals surface area contributed by atoms with Crippen LogP contribution < -0.4 is 5.32 Å². The van der Waals surface area contributed by atoms with E-state index >= 15 is 0 Å². The Kier molecular flexibility index (Phi) is 4.03. The van der Waals surface area contributed by atoms with Gasteiger partial charge in [-0.1, -0.05) is 6.07 Å². The maximum absolute atomic E-state index is 12.7. The molecule has 6 heteroatoms. The van der Waals surface area contributed by atoms with Crippen molar-refractivity contribution in [3.63, 3.8) is 0 Å². The first-order valence-electron chi connectivity index (χ1n) is 5.32. The summed E-state index contributed by atoms with van der Waals surface area (Å²) in [7, 11) is 0. The van der Waals surface area contributed by atoms with E-state index in [0.29, 0.717) is 5.69 Å². The third-order valence-corrected chi connectivity index (χ3v) is 3.03. The normalized spacial score (nSPS) is 11.9. The molecule has 0 spiro atoms. The molecule has 2 aromatic carbocycles. The number of anilines is 1. The first-order chi connectivity index (χ1) is 9.06. The molecule has 1 amide bonds. The van der Waals surface area contributed by atoms with Gasteiger partial charge in [0.25, 0.3) is 5.91 Å². The number of halogens is 1. The largest absolute Gasteiger partial charge is 0.768 e. The van der Waals surface area contributed by atoms with Crippen LogP contribution in [0.1, 0.15) is 10.4 Å². The van der Waals surface area contributed by atoms with Crippen molar-refractivity contribution in [2.75, 3.05) is 5.32 Å². The summed E-state index contributed by atoms with van der Waals surface area (Å²) >= 11 is -2.38. The van der Waals surface area contributed by atoms with Crippen molar-refractivity contribution in [3.8, 4) is 0 Å². The van der Waals surface area contributed by atoms with Gasteiger partial charge in [-0.25, -0.2) is 4.39 Å². The third-order valence-electron chi connectivity index (χ3n) is 2.39. The Morgan fingerprint density at radius 2 is 1.84 bits per heavy atom. The summed E-state index contributed by atoms with van der Waals surface area (Å²) in [5.74, 6) is -0.861. The number of rotatable bonds is 3. The molecule has 2 aromatic rings. The Morgan fingerprint density at radius 1 is 1.16 bits per heavy atom. The van der Waals surface area contributed by atoms with Crippen molar-refractivity contribution in [1.82, 2.24) is 0 Å². The molecule has 0 radical (unpaired) electrons. The second-order valence-corrected chi connectivity index (χ2v) is 4.66. The maximum Gasteiger partial charge on any atom is 0.255 e. The molecule has 0 saturated carbocycles. The molecule has 4 nitrogen and oxygen atoms in total. The molecular formula is C13H9FNO3S-. The summed E-state index contributed by atoms with van der Waals surface area (Å²) < 4.78 is 34.3. The van der Waals surface area contributed by atoms with Crippen molar-refractivity contribution < 1.29 is 17.9 Å². The highest BCUT2D eigenvalue weighted by Crippen LogP contribution is 2.13. The van der Waals surface area contributed by atoms with Crippen molar-refractivity contribution in [1.29, 1.82) is 0 Å². The molecule has 1 N–H and O–H groups in total.